The number of carbonyl (C=O) groups is 2. The number of carbonyl (C=O) groups excluding carboxylic acids is 2. The molecule has 2 saturated heterocycles. The highest BCUT2D eigenvalue weighted by Crippen LogP contribution is 2.60. The van der Waals surface area contributed by atoms with Crippen LogP contribution in [0.2, 0.25) is 0 Å². The third kappa shape index (κ3) is 2.87. The standard InChI is InChI=1S/C17H28N2O3/c1-16(2,3)15(21)19-6-4-17(5-7-19)12-13(17)14(20)18-8-10-22-11-9-18/h13H,4-12H2,1-3H3. The molecule has 3 aliphatic rings. The van der Waals surface area contributed by atoms with E-state index in [1.54, 1.807) is 0 Å². The molecule has 0 aromatic rings. The van der Waals surface area contributed by atoms with Crippen molar-refractivity contribution in [1.29, 1.82) is 0 Å². The first-order valence-electron chi connectivity index (χ1n) is 8.49. The van der Waals surface area contributed by atoms with Crippen LogP contribution in [0.15, 0.2) is 0 Å². The van der Waals surface area contributed by atoms with Crippen molar-refractivity contribution in [2.45, 2.75) is 40.0 Å². The van der Waals surface area contributed by atoms with Gasteiger partial charge in [0.2, 0.25) is 11.8 Å². The third-order valence-electron chi connectivity index (χ3n) is 5.50. The average molecular weight is 308 g/mol. The van der Waals surface area contributed by atoms with Crippen molar-refractivity contribution < 1.29 is 14.3 Å². The highest BCUT2D eigenvalue weighted by molar-refractivity contribution is 5.83. The fourth-order valence-electron chi connectivity index (χ4n) is 3.88. The fourth-order valence-corrected chi connectivity index (χ4v) is 3.88. The van der Waals surface area contributed by atoms with Gasteiger partial charge in [0.05, 0.1) is 13.2 Å². The summed E-state index contributed by atoms with van der Waals surface area (Å²) in [7, 11) is 0. The van der Waals surface area contributed by atoms with Gasteiger partial charge < -0.3 is 14.5 Å². The second-order valence-electron chi connectivity index (χ2n) is 8.10. The van der Waals surface area contributed by atoms with Crippen molar-refractivity contribution in [3.8, 4) is 0 Å². The lowest BCUT2D eigenvalue weighted by Gasteiger charge is -2.37. The Hall–Kier alpha value is -1.10. The molecular weight excluding hydrogens is 280 g/mol. The molecule has 1 atom stereocenters. The quantitative estimate of drug-likeness (QED) is 0.738. The summed E-state index contributed by atoms with van der Waals surface area (Å²) in [4.78, 5) is 28.9. The predicted octanol–water partition coefficient (Wildman–Crippen LogP) is 1.52. The fraction of sp³-hybridized carbons (Fsp3) is 0.882. The molecule has 2 heterocycles. The molecule has 2 aliphatic heterocycles. The van der Waals surface area contributed by atoms with Gasteiger partial charge in [-0.15, -0.1) is 0 Å². The van der Waals surface area contributed by atoms with Gasteiger partial charge in [-0.2, -0.15) is 0 Å². The Morgan fingerprint density at radius 2 is 1.59 bits per heavy atom. The lowest BCUT2D eigenvalue weighted by atomic mass is 9.87. The number of likely N-dealkylation sites (tertiary alicyclic amines) is 1. The molecule has 1 aliphatic carbocycles. The van der Waals surface area contributed by atoms with Crippen LogP contribution in [-0.2, 0) is 14.3 Å². The molecule has 0 aromatic heterocycles. The van der Waals surface area contributed by atoms with E-state index < -0.39 is 0 Å². The largest absolute Gasteiger partial charge is 0.378 e. The molecule has 3 fully saturated rings. The SMILES string of the molecule is CC(C)(C)C(=O)N1CCC2(CC1)CC2C(=O)N1CCOCC1. The van der Waals surface area contributed by atoms with Gasteiger partial charge in [-0.3, -0.25) is 9.59 Å². The third-order valence-corrected chi connectivity index (χ3v) is 5.50. The number of ether oxygens (including phenoxy) is 1. The lowest BCUT2D eigenvalue weighted by molar-refractivity contribution is -0.141. The van der Waals surface area contributed by atoms with E-state index in [0.717, 1.165) is 45.4 Å². The average Bonchev–Trinajstić information content (AvgIpc) is 3.20. The molecule has 0 radical (unpaired) electrons. The van der Waals surface area contributed by atoms with Gasteiger partial charge in [-0.1, -0.05) is 20.8 Å². The van der Waals surface area contributed by atoms with Crippen LogP contribution in [0.1, 0.15) is 40.0 Å². The zero-order chi connectivity index (χ0) is 16.0. The summed E-state index contributed by atoms with van der Waals surface area (Å²) in [5.74, 6) is 0.746. The van der Waals surface area contributed by atoms with E-state index in [-0.39, 0.29) is 22.7 Å². The normalized spacial score (nSPS) is 27.9. The number of amides is 2. The van der Waals surface area contributed by atoms with E-state index in [2.05, 4.69) is 0 Å². The van der Waals surface area contributed by atoms with Gasteiger partial charge in [0.1, 0.15) is 0 Å². The molecule has 124 valence electrons. The van der Waals surface area contributed by atoms with Crippen LogP contribution in [0, 0.1) is 16.7 Å². The van der Waals surface area contributed by atoms with Crippen molar-refractivity contribution in [2.75, 3.05) is 39.4 Å². The first-order chi connectivity index (χ1) is 10.3. The van der Waals surface area contributed by atoms with Crippen LogP contribution < -0.4 is 0 Å². The van der Waals surface area contributed by atoms with E-state index in [9.17, 15) is 9.59 Å². The Kier molecular flexibility index (Phi) is 3.96. The van der Waals surface area contributed by atoms with Gasteiger partial charge >= 0.3 is 0 Å². The first-order valence-corrected chi connectivity index (χ1v) is 8.49. The second-order valence-corrected chi connectivity index (χ2v) is 8.10. The van der Waals surface area contributed by atoms with Crippen molar-refractivity contribution in [2.24, 2.45) is 16.7 Å². The van der Waals surface area contributed by atoms with Crippen LogP contribution in [0.25, 0.3) is 0 Å². The summed E-state index contributed by atoms with van der Waals surface area (Å²) in [5, 5.41) is 0. The summed E-state index contributed by atoms with van der Waals surface area (Å²) in [6.45, 7) is 10.3. The maximum absolute atomic E-state index is 12.6. The van der Waals surface area contributed by atoms with Crippen LogP contribution in [0.5, 0.6) is 0 Å². The summed E-state index contributed by atoms with van der Waals surface area (Å²) in [5.41, 5.74) is -0.124. The van der Waals surface area contributed by atoms with Gasteiger partial charge in [0.25, 0.3) is 0 Å². The zero-order valence-corrected chi connectivity index (χ0v) is 14.1. The number of morpholine rings is 1. The second kappa shape index (κ2) is 5.52. The molecule has 1 spiro atoms. The number of piperidine rings is 1. The van der Waals surface area contributed by atoms with E-state index in [0.29, 0.717) is 19.1 Å². The molecule has 5 heteroatoms. The van der Waals surface area contributed by atoms with Crippen LogP contribution >= 0.6 is 0 Å². The maximum atomic E-state index is 12.6. The Balaban J connectivity index is 1.54. The van der Waals surface area contributed by atoms with Crippen LogP contribution in [0.3, 0.4) is 0 Å². The smallest absolute Gasteiger partial charge is 0.227 e. The number of nitrogens with zero attached hydrogens (tertiary/aromatic N) is 2. The van der Waals surface area contributed by atoms with E-state index in [4.69, 9.17) is 4.74 Å². The van der Waals surface area contributed by atoms with Crippen LogP contribution in [0.4, 0.5) is 0 Å². The number of hydrogen-bond donors (Lipinski definition) is 0. The summed E-state index contributed by atoms with van der Waals surface area (Å²) < 4.78 is 5.32. The molecule has 0 N–H and O–H groups in total. The molecule has 1 unspecified atom stereocenters. The van der Waals surface area contributed by atoms with Gasteiger partial charge in [-0.05, 0) is 24.7 Å². The highest BCUT2D eigenvalue weighted by atomic mass is 16.5. The Morgan fingerprint density at radius 3 is 2.14 bits per heavy atom. The monoisotopic (exact) mass is 308 g/mol. The van der Waals surface area contributed by atoms with E-state index in [1.165, 1.54) is 0 Å². The first kappa shape index (κ1) is 15.8. The molecule has 0 bridgehead atoms. The van der Waals surface area contributed by atoms with Crippen molar-refractivity contribution in [3.63, 3.8) is 0 Å². The maximum Gasteiger partial charge on any atom is 0.227 e. The van der Waals surface area contributed by atoms with Gasteiger partial charge in [0.15, 0.2) is 0 Å². The Bertz CT molecular complexity index is 455. The molecule has 2 amide bonds. The lowest BCUT2D eigenvalue weighted by Crippen LogP contribution is -2.46. The molecule has 5 nitrogen and oxygen atoms in total. The van der Waals surface area contributed by atoms with Gasteiger partial charge in [-0.25, -0.2) is 0 Å². The molecule has 22 heavy (non-hydrogen) atoms. The summed E-state index contributed by atoms with van der Waals surface area (Å²) in [6, 6.07) is 0. The minimum Gasteiger partial charge on any atom is -0.378 e. The van der Waals surface area contributed by atoms with Gasteiger partial charge in [0, 0.05) is 37.5 Å². The number of rotatable bonds is 1. The van der Waals surface area contributed by atoms with E-state index in [1.807, 2.05) is 30.6 Å². The van der Waals surface area contributed by atoms with Crippen LogP contribution in [-0.4, -0.2) is 61.0 Å². The molecule has 1 saturated carbocycles. The van der Waals surface area contributed by atoms with Crippen molar-refractivity contribution >= 4 is 11.8 Å². The highest BCUT2D eigenvalue weighted by Gasteiger charge is 2.59. The minimum absolute atomic E-state index is 0.185. The summed E-state index contributed by atoms with van der Waals surface area (Å²) in [6.07, 6.45) is 2.98. The van der Waals surface area contributed by atoms with E-state index >= 15 is 0 Å². The van der Waals surface area contributed by atoms with Crippen molar-refractivity contribution in [3.05, 3.63) is 0 Å². The number of hydrogen-bond acceptors (Lipinski definition) is 3. The predicted molar refractivity (Wildman–Crippen MR) is 83.2 cm³/mol. The Labute approximate surface area is 133 Å². The topological polar surface area (TPSA) is 49.9 Å². The summed E-state index contributed by atoms with van der Waals surface area (Å²) >= 11 is 0. The Morgan fingerprint density at radius 1 is 1.00 bits per heavy atom. The molecular formula is C17H28N2O3. The van der Waals surface area contributed by atoms with Crippen molar-refractivity contribution in [1.82, 2.24) is 9.80 Å². The zero-order valence-electron chi connectivity index (χ0n) is 14.1. The minimum atomic E-state index is -0.308. The molecule has 3 rings (SSSR count). The molecule has 0 aromatic carbocycles.